The molecule has 4 nitrogen and oxygen atoms in total. The molecule has 0 heterocycles. The van der Waals surface area contributed by atoms with Crippen molar-refractivity contribution < 1.29 is 27.1 Å². The highest BCUT2D eigenvalue weighted by Crippen LogP contribution is 2.21. The van der Waals surface area contributed by atoms with E-state index in [1.165, 1.54) is 6.92 Å². The quantitative estimate of drug-likeness (QED) is 0.847. The lowest BCUT2D eigenvalue weighted by Crippen LogP contribution is -2.11. The van der Waals surface area contributed by atoms with Crippen molar-refractivity contribution in [3.05, 3.63) is 29.3 Å². The van der Waals surface area contributed by atoms with Crippen molar-refractivity contribution in [2.75, 3.05) is 5.75 Å². The van der Waals surface area contributed by atoms with Gasteiger partial charge in [0.15, 0.2) is 21.5 Å². The van der Waals surface area contributed by atoms with Gasteiger partial charge in [-0.2, -0.15) is 0 Å². The molecule has 96 valence electrons. The van der Waals surface area contributed by atoms with Gasteiger partial charge in [-0.15, -0.1) is 5.92 Å². The van der Waals surface area contributed by atoms with Gasteiger partial charge in [0, 0.05) is 0 Å². The zero-order valence-corrected chi connectivity index (χ0v) is 10.0. The molecule has 0 fully saturated rings. The van der Waals surface area contributed by atoms with Crippen molar-refractivity contribution in [3.63, 3.8) is 0 Å². The Hall–Kier alpha value is -1.94. The van der Waals surface area contributed by atoms with Crippen molar-refractivity contribution in [3.8, 4) is 11.8 Å². The van der Waals surface area contributed by atoms with Crippen LogP contribution < -0.4 is 0 Å². The molecular formula is C11H8F2O4S. The lowest BCUT2D eigenvalue weighted by Gasteiger charge is -2.05. The Bertz CT molecular complexity index is 654. The predicted octanol–water partition coefficient (Wildman–Crippen LogP) is 1.46. The normalized spacial score (nSPS) is 10.6. The van der Waals surface area contributed by atoms with Gasteiger partial charge in [0.05, 0.1) is 5.56 Å². The molecule has 1 aromatic rings. The van der Waals surface area contributed by atoms with E-state index < -0.39 is 43.7 Å². The molecule has 18 heavy (non-hydrogen) atoms. The van der Waals surface area contributed by atoms with Crippen LogP contribution in [0.1, 0.15) is 17.3 Å². The monoisotopic (exact) mass is 274 g/mol. The molecule has 0 amide bonds. The smallest absolute Gasteiger partial charge is 0.335 e. The SMILES string of the molecule is CC#CCS(=O)(=O)c1cc(C(=O)O)cc(F)c1F. The average Bonchev–Trinajstić information content (AvgIpc) is 2.29. The van der Waals surface area contributed by atoms with E-state index in [2.05, 4.69) is 11.8 Å². The van der Waals surface area contributed by atoms with Crippen LogP contribution in [-0.2, 0) is 9.84 Å². The highest BCUT2D eigenvalue weighted by Gasteiger charge is 2.23. The van der Waals surface area contributed by atoms with Crippen LogP contribution in [0.5, 0.6) is 0 Å². The topological polar surface area (TPSA) is 71.4 Å². The maximum absolute atomic E-state index is 13.4. The van der Waals surface area contributed by atoms with Crippen LogP contribution >= 0.6 is 0 Å². The number of halogens is 2. The highest BCUT2D eigenvalue weighted by molar-refractivity contribution is 7.91. The Balaban J connectivity index is 3.47. The summed E-state index contributed by atoms with van der Waals surface area (Å²) in [5, 5.41) is 8.65. The van der Waals surface area contributed by atoms with Crippen molar-refractivity contribution in [2.45, 2.75) is 11.8 Å². The third-order valence-corrected chi connectivity index (χ3v) is 3.51. The third kappa shape index (κ3) is 2.84. The maximum atomic E-state index is 13.4. The fourth-order valence-corrected chi connectivity index (χ4v) is 2.33. The number of carbonyl (C=O) groups is 1. The number of aromatic carboxylic acids is 1. The molecule has 0 spiro atoms. The number of benzene rings is 1. The minimum absolute atomic E-state index is 0.419. The first-order valence-corrected chi connectivity index (χ1v) is 6.29. The molecule has 0 aromatic heterocycles. The van der Waals surface area contributed by atoms with Crippen molar-refractivity contribution >= 4 is 15.8 Å². The van der Waals surface area contributed by atoms with Gasteiger partial charge in [-0.25, -0.2) is 22.0 Å². The fraction of sp³-hybridized carbons (Fsp3) is 0.182. The van der Waals surface area contributed by atoms with E-state index in [9.17, 15) is 22.0 Å². The van der Waals surface area contributed by atoms with Crippen LogP contribution in [0, 0.1) is 23.5 Å². The Morgan fingerprint density at radius 1 is 1.39 bits per heavy atom. The summed E-state index contributed by atoms with van der Waals surface area (Å²) in [5.74, 6) is -0.872. The second-order valence-corrected chi connectivity index (χ2v) is 5.22. The summed E-state index contributed by atoms with van der Waals surface area (Å²) in [6, 6.07) is 0.996. The number of hydrogen-bond donors (Lipinski definition) is 1. The first-order valence-electron chi connectivity index (χ1n) is 4.64. The Kier molecular flexibility index (Phi) is 4.03. The molecule has 1 rings (SSSR count). The summed E-state index contributed by atoms with van der Waals surface area (Å²) in [7, 11) is -4.18. The van der Waals surface area contributed by atoms with Crippen molar-refractivity contribution in [1.82, 2.24) is 0 Å². The van der Waals surface area contributed by atoms with Gasteiger partial charge in [0.1, 0.15) is 10.6 Å². The van der Waals surface area contributed by atoms with Gasteiger partial charge in [-0.1, -0.05) is 5.92 Å². The van der Waals surface area contributed by atoms with Gasteiger partial charge in [-0.05, 0) is 19.1 Å². The molecule has 7 heteroatoms. The van der Waals surface area contributed by atoms with E-state index >= 15 is 0 Å². The lowest BCUT2D eigenvalue weighted by molar-refractivity contribution is 0.0696. The van der Waals surface area contributed by atoms with Crippen LogP contribution in [0.4, 0.5) is 8.78 Å². The first-order chi connectivity index (χ1) is 8.29. The largest absolute Gasteiger partial charge is 0.478 e. The first kappa shape index (κ1) is 14.1. The molecule has 0 aliphatic heterocycles. The highest BCUT2D eigenvalue weighted by atomic mass is 32.2. The Labute approximate surface area is 102 Å². The summed E-state index contributed by atoms with van der Waals surface area (Å²) in [4.78, 5) is 9.65. The van der Waals surface area contributed by atoms with Gasteiger partial charge in [0.25, 0.3) is 0 Å². The fourth-order valence-electron chi connectivity index (χ4n) is 1.16. The molecule has 0 aliphatic carbocycles. The molecule has 0 bridgehead atoms. The molecule has 1 N–H and O–H groups in total. The molecule has 1 aromatic carbocycles. The zero-order chi connectivity index (χ0) is 13.9. The van der Waals surface area contributed by atoms with Crippen LogP contribution in [-0.4, -0.2) is 25.2 Å². The van der Waals surface area contributed by atoms with E-state index in [0.29, 0.717) is 12.1 Å². The van der Waals surface area contributed by atoms with Crippen LogP contribution in [0.3, 0.4) is 0 Å². The van der Waals surface area contributed by atoms with Crippen molar-refractivity contribution in [2.24, 2.45) is 0 Å². The van der Waals surface area contributed by atoms with Gasteiger partial charge in [-0.3, -0.25) is 0 Å². The number of carboxylic acids is 1. The summed E-state index contributed by atoms with van der Waals surface area (Å²) >= 11 is 0. The molecule has 0 unspecified atom stereocenters. The number of carboxylic acid groups (broad SMARTS) is 1. The summed E-state index contributed by atoms with van der Waals surface area (Å²) in [6.45, 7) is 1.39. The zero-order valence-electron chi connectivity index (χ0n) is 9.20. The molecule has 0 saturated heterocycles. The number of rotatable bonds is 3. The molecule has 0 saturated carbocycles. The van der Waals surface area contributed by atoms with Crippen LogP contribution in [0.25, 0.3) is 0 Å². The summed E-state index contributed by atoms with van der Waals surface area (Å²) in [6.07, 6.45) is 0. The average molecular weight is 274 g/mol. The lowest BCUT2D eigenvalue weighted by atomic mass is 10.2. The van der Waals surface area contributed by atoms with Crippen molar-refractivity contribution in [1.29, 1.82) is 0 Å². The van der Waals surface area contributed by atoms with E-state index in [0.717, 1.165) is 0 Å². The summed E-state index contributed by atoms with van der Waals surface area (Å²) in [5.41, 5.74) is -0.642. The molecular weight excluding hydrogens is 266 g/mol. The third-order valence-electron chi connectivity index (χ3n) is 2.02. The van der Waals surface area contributed by atoms with E-state index in [1.807, 2.05) is 0 Å². The van der Waals surface area contributed by atoms with Gasteiger partial charge < -0.3 is 5.11 Å². The molecule has 0 radical (unpaired) electrons. The second kappa shape index (κ2) is 5.14. The van der Waals surface area contributed by atoms with Gasteiger partial charge in [0.2, 0.25) is 0 Å². The maximum Gasteiger partial charge on any atom is 0.335 e. The van der Waals surface area contributed by atoms with Crippen LogP contribution in [0.2, 0.25) is 0 Å². The predicted molar refractivity (Wildman–Crippen MR) is 58.8 cm³/mol. The Morgan fingerprint density at radius 2 is 2.00 bits per heavy atom. The van der Waals surface area contributed by atoms with E-state index in [4.69, 9.17) is 5.11 Å². The molecule has 0 atom stereocenters. The summed E-state index contributed by atoms with van der Waals surface area (Å²) < 4.78 is 49.8. The molecule has 0 aliphatic rings. The van der Waals surface area contributed by atoms with Crippen LogP contribution in [0.15, 0.2) is 17.0 Å². The van der Waals surface area contributed by atoms with E-state index in [-0.39, 0.29) is 0 Å². The minimum atomic E-state index is -4.18. The standard InChI is InChI=1S/C11H8F2O4S/c1-2-3-4-18(16,17)9-6-7(11(14)15)5-8(12)10(9)13/h5-6H,4H2,1H3,(H,14,15). The number of hydrogen-bond acceptors (Lipinski definition) is 3. The van der Waals surface area contributed by atoms with E-state index in [1.54, 1.807) is 0 Å². The minimum Gasteiger partial charge on any atom is -0.478 e. The Morgan fingerprint density at radius 3 is 2.50 bits per heavy atom. The second-order valence-electron chi connectivity index (χ2n) is 3.26. The van der Waals surface area contributed by atoms with Gasteiger partial charge >= 0.3 is 5.97 Å². The number of sulfone groups is 1.